The van der Waals surface area contributed by atoms with Crippen LogP contribution in [0, 0.1) is 0 Å². The van der Waals surface area contributed by atoms with Crippen LogP contribution in [0.15, 0.2) is 85.5 Å². The Balaban J connectivity index is 1.80. The number of aryl methyl sites for hydroxylation is 1. The molecule has 0 heterocycles. The largest absolute Gasteiger partial charge is 0.490 e. The van der Waals surface area contributed by atoms with Crippen LogP contribution in [0.4, 0.5) is 0 Å². The first kappa shape index (κ1) is 17.0. The second kappa shape index (κ2) is 8.34. The quantitative estimate of drug-likeness (QED) is 0.445. The Morgan fingerprint density at radius 3 is 2.36 bits per heavy atom. The van der Waals surface area contributed by atoms with E-state index in [-0.39, 0.29) is 0 Å². The van der Waals surface area contributed by atoms with E-state index < -0.39 is 0 Å². The summed E-state index contributed by atoms with van der Waals surface area (Å²) in [6.45, 7) is 6.27. The lowest BCUT2D eigenvalue weighted by Crippen LogP contribution is -1.92. The van der Waals surface area contributed by atoms with Gasteiger partial charge in [0.1, 0.15) is 12.4 Å². The van der Waals surface area contributed by atoms with E-state index in [9.17, 15) is 0 Å². The van der Waals surface area contributed by atoms with Gasteiger partial charge in [0.25, 0.3) is 0 Å². The molecule has 0 saturated heterocycles. The van der Waals surface area contributed by atoms with Crippen molar-refractivity contribution in [3.63, 3.8) is 0 Å². The summed E-state index contributed by atoms with van der Waals surface area (Å²) < 4.78 is 5.55. The first-order valence-electron chi connectivity index (χ1n) is 8.78. The van der Waals surface area contributed by atoms with Gasteiger partial charge in [-0.15, -0.1) is 0 Å². The molecule has 0 atom stereocenters. The molecule has 1 nitrogen and oxygen atoms in total. The topological polar surface area (TPSA) is 9.23 Å². The van der Waals surface area contributed by atoms with Gasteiger partial charge in [-0.25, -0.2) is 0 Å². The molecule has 126 valence electrons. The Kier molecular flexibility index (Phi) is 5.69. The molecule has 0 spiro atoms. The fourth-order valence-corrected chi connectivity index (χ4v) is 2.95. The normalized spacial score (nSPS) is 11.1. The van der Waals surface area contributed by atoms with Gasteiger partial charge in [-0.1, -0.05) is 67.3 Å². The molecule has 1 heteroatoms. The summed E-state index contributed by atoms with van der Waals surface area (Å²) in [5, 5.41) is 2.58. The molecule has 0 saturated carbocycles. The first-order valence-corrected chi connectivity index (χ1v) is 8.78. The molecule has 0 unspecified atom stereocenters. The lowest BCUT2D eigenvalue weighted by Gasteiger charge is -2.08. The highest BCUT2D eigenvalue weighted by Gasteiger charge is 2.02. The average Bonchev–Trinajstić information content (AvgIpc) is 2.66. The zero-order chi connectivity index (χ0) is 17.5. The summed E-state index contributed by atoms with van der Waals surface area (Å²) in [6.07, 6.45) is 8.27. The minimum Gasteiger partial charge on any atom is -0.490 e. The second-order valence-corrected chi connectivity index (χ2v) is 6.13. The number of ether oxygens (including phenoxy) is 1. The summed E-state index contributed by atoms with van der Waals surface area (Å²) in [4.78, 5) is 0. The summed E-state index contributed by atoms with van der Waals surface area (Å²) >= 11 is 0. The molecule has 0 radical (unpaired) electrons. The van der Waals surface area contributed by atoms with Crippen LogP contribution in [-0.2, 0) is 6.42 Å². The Bertz CT molecular complexity index is 872. The highest BCUT2D eigenvalue weighted by molar-refractivity contribution is 5.87. The fraction of sp³-hybridized carbons (Fsp3) is 0.167. The summed E-state index contributed by atoms with van der Waals surface area (Å²) in [6, 6.07) is 21.6. The maximum atomic E-state index is 5.55. The van der Waals surface area contributed by atoms with E-state index in [0.29, 0.717) is 6.61 Å². The van der Waals surface area contributed by atoms with Crippen molar-refractivity contribution in [3.8, 4) is 16.9 Å². The predicted molar refractivity (Wildman–Crippen MR) is 108 cm³/mol. The number of fused-ring (bicyclic) bond motifs is 1. The standard InChI is InChI=1S/C24H24O/c1-3-5-6-7-19-8-9-23-18-22(11-10-21(23)17-19)20-12-14-24(15-13-20)25-16-4-2/h3-5,8-15,17-18H,2,6-7,16H2,1H3/b5-3+. The van der Waals surface area contributed by atoms with E-state index in [4.69, 9.17) is 4.74 Å². The number of hydrogen-bond donors (Lipinski definition) is 0. The third kappa shape index (κ3) is 4.39. The molecule has 3 aromatic carbocycles. The molecule has 0 N–H and O–H groups in total. The van der Waals surface area contributed by atoms with Gasteiger partial charge < -0.3 is 4.74 Å². The monoisotopic (exact) mass is 328 g/mol. The molecule has 0 fully saturated rings. The number of rotatable bonds is 7. The highest BCUT2D eigenvalue weighted by Crippen LogP contribution is 2.27. The predicted octanol–water partition coefficient (Wildman–Crippen LogP) is 6.58. The third-order valence-electron chi connectivity index (χ3n) is 4.30. The van der Waals surface area contributed by atoms with Crippen molar-refractivity contribution in [3.05, 3.63) is 91.0 Å². The SMILES string of the molecule is C=CCOc1ccc(-c2ccc3cc(CC/C=C/C)ccc3c2)cc1. The van der Waals surface area contributed by atoms with E-state index in [2.05, 4.69) is 74.2 Å². The van der Waals surface area contributed by atoms with Gasteiger partial charge in [-0.3, -0.25) is 0 Å². The van der Waals surface area contributed by atoms with Gasteiger partial charge in [-0.05, 0) is 65.4 Å². The van der Waals surface area contributed by atoms with Crippen LogP contribution in [0.5, 0.6) is 5.75 Å². The zero-order valence-electron chi connectivity index (χ0n) is 14.7. The van der Waals surface area contributed by atoms with E-state index in [1.807, 2.05) is 12.1 Å². The van der Waals surface area contributed by atoms with Crippen molar-refractivity contribution in [1.82, 2.24) is 0 Å². The highest BCUT2D eigenvalue weighted by atomic mass is 16.5. The second-order valence-electron chi connectivity index (χ2n) is 6.13. The number of allylic oxidation sites excluding steroid dienone is 2. The maximum Gasteiger partial charge on any atom is 0.119 e. The van der Waals surface area contributed by atoms with Crippen LogP contribution in [-0.4, -0.2) is 6.61 Å². The van der Waals surface area contributed by atoms with Crippen LogP contribution in [0.1, 0.15) is 18.9 Å². The van der Waals surface area contributed by atoms with E-state index >= 15 is 0 Å². The Morgan fingerprint density at radius 2 is 1.60 bits per heavy atom. The molecule has 0 aliphatic rings. The Hall–Kier alpha value is -2.80. The molecule has 0 amide bonds. The van der Waals surface area contributed by atoms with Gasteiger partial charge in [0.05, 0.1) is 0 Å². The lowest BCUT2D eigenvalue weighted by molar-refractivity contribution is 0.363. The third-order valence-corrected chi connectivity index (χ3v) is 4.30. The van der Waals surface area contributed by atoms with E-state index in [1.165, 1.54) is 27.5 Å². The molecule has 3 aromatic rings. The van der Waals surface area contributed by atoms with Gasteiger partial charge in [0.2, 0.25) is 0 Å². The Morgan fingerprint density at radius 1 is 0.880 bits per heavy atom. The minimum atomic E-state index is 0.533. The van der Waals surface area contributed by atoms with Crippen LogP contribution in [0.3, 0.4) is 0 Å². The fourth-order valence-electron chi connectivity index (χ4n) is 2.95. The van der Waals surface area contributed by atoms with Crippen LogP contribution in [0.2, 0.25) is 0 Å². The van der Waals surface area contributed by atoms with Crippen molar-refractivity contribution < 1.29 is 4.74 Å². The van der Waals surface area contributed by atoms with Gasteiger partial charge in [-0.2, -0.15) is 0 Å². The zero-order valence-corrected chi connectivity index (χ0v) is 14.7. The number of benzene rings is 3. The van der Waals surface area contributed by atoms with Crippen molar-refractivity contribution in [1.29, 1.82) is 0 Å². The van der Waals surface area contributed by atoms with Gasteiger partial charge in [0.15, 0.2) is 0 Å². The van der Waals surface area contributed by atoms with Crippen LogP contribution >= 0.6 is 0 Å². The molecule has 0 aliphatic carbocycles. The van der Waals surface area contributed by atoms with Crippen LogP contribution in [0.25, 0.3) is 21.9 Å². The molecule has 0 aromatic heterocycles. The molecular formula is C24H24O. The molecule has 0 aliphatic heterocycles. The van der Waals surface area contributed by atoms with Crippen molar-refractivity contribution in [2.45, 2.75) is 19.8 Å². The molecule has 3 rings (SSSR count). The van der Waals surface area contributed by atoms with Crippen molar-refractivity contribution in [2.24, 2.45) is 0 Å². The Labute approximate surface area is 150 Å². The molecule has 25 heavy (non-hydrogen) atoms. The summed E-state index contributed by atoms with van der Waals surface area (Å²) in [5.74, 6) is 0.871. The minimum absolute atomic E-state index is 0.533. The van der Waals surface area contributed by atoms with E-state index in [1.54, 1.807) is 6.08 Å². The smallest absolute Gasteiger partial charge is 0.119 e. The van der Waals surface area contributed by atoms with E-state index in [0.717, 1.165) is 18.6 Å². The van der Waals surface area contributed by atoms with Crippen molar-refractivity contribution >= 4 is 10.8 Å². The van der Waals surface area contributed by atoms with Gasteiger partial charge in [0, 0.05) is 0 Å². The average molecular weight is 328 g/mol. The first-order chi connectivity index (χ1) is 12.3. The molecular weight excluding hydrogens is 304 g/mol. The summed E-state index contributed by atoms with van der Waals surface area (Å²) in [5.41, 5.74) is 3.82. The van der Waals surface area contributed by atoms with Crippen molar-refractivity contribution in [2.75, 3.05) is 6.61 Å². The molecule has 0 bridgehead atoms. The lowest BCUT2D eigenvalue weighted by atomic mass is 9.99. The summed E-state index contributed by atoms with van der Waals surface area (Å²) in [7, 11) is 0. The van der Waals surface area contributed by atoms with Gasteiger partial charge >= 0.3 is 0 Å². The van der Waals surface area contributed by atoms with Crippen LogP contribution < -0.4 is 4.74 Å². The number of hydrogen-bond acceptors (Lipinski definition) is 1. The maximum absolute atomic E-state index is 5.55.